The largest absolute Gasteiger partial charge is 0.345 e. The molecule has 2 aromatic rings. The van der Waals surface area contributed by atoms with Gasteiger partial charge >= 0.3 is 0 Å². The first kappa shape index (κ1) is 13.5. The molecule has 0 radical (unpaired) electrons. The fraction of sp³-hybridized carbons (Fsp3) is 0.429. The van der Waals surface area contributed by atoms with E-state index in [4.69, 9.17) is 5.73 Å². The van der Waals surface area contributed by atoms with Crippen molar-refractivity contribution in [3.63, 3.8) is 0 Å². The summed E-state index contributed by atoms with van der Waals surface area (Å²) in [6, 6.07) is 5.90. The van der Waals surface area contributed by atoms with Gasteiger partial charge in [-0.3, -0.25) is 4.79 Å². The Morgan fingerprint density at radius 1 is 1.42 bits per heavy atom. The quantitative estimate of drug-likeness (QED) is 0.915. The van der Waals surface area contributed by atoms with Crippen LogP contribution in [0.1, 0.15) is 36.1 Å². The number of amides is 1. The lowest BCUT2D eigenvalue weighted by atomic mass is 10.1. The Morgan fingerprint density at radius 3 is 2.63 bits per heavy atom. The number of fused-ring (bicyclic) bond motifs is 1. The van der Waals surface area contributed by atoms with Gasteiger partial charge in [0.05, 0.1) is 17.6 Å². The van der Waals surface area contributed by atoms with Crippen LogP contribution < -0.4 is 5.73 Å². The molecular formula is C14H20N4O. The maximum atomic E-state index is 11.9. The summed E-state index contributed by atoms with van der Waals surface area (Å²) >= 11 is 0. The predicted octanol–water partition coefficient (Wildman–Crippen LogP) is 1.78. The van der Waals surface area contributed by atoms with Gasteiger partial charge in [0.1, 0.15) is 5.82 Å². The maximum Gasteiger partial charge on any atom is 0.253 e. The van der Waals surface area contributed by atoms with Crippen LogP contribution in [0.3, 0.4) is 0 Å². The minimum Gasteiger partial charge on any atom is -0.345 e. The van der Waals surface area contributed by atoms with E-state index in [0.29, 0.717) is 18.2 Å². The van der Waals surface area contributed by atoms with Gasteiger partial charge in [-0.15, -0.1) is 0 Å². The number of nitrogens with two attached hydrogens (primary N) is 1. The van der Waals surface area contributed by atoms with E-state index in [2.05, 4.69) is 23.4 Å². The van der Waals surface area contributed by atoms with Crippen molar-refractivity contribution in [1.29, 1.82) is 0 Å². The van der Waals surface area contributed by atoms with Gasteiger partial charge in [0.2, 0.25) is 0 Å². The lowest BCUT2D eigenvalue weighted by Gasteiger charge is -2.12. The number of carbonyl (C=O) groups is 1. The lowest BCUT2D eigenvalue weighted by Crippen LogP contribution is -2.21. The Bertz CT molecular complexity index is 613. The average molecular weight is 260 g/mol. The van der Waals surface area contributed by atoms with Crippen LogP contribution in [0.2, 0.25) is 0 Å². The molecule has 0 fully saturated rings. The minimum absolute atomic E-state index is 0.0182. The second kappa shape index (κ2) is 5.01. The summed E-state index contributed by atoms with van der Waals surface area (Å²) in [5.41, 5.74) is 8.23. The summed E-state index contributed by atoms with van der Waals surface area (Å²) in [6.45, 7) is 4.59. The summed E-state index contributed by atoms with van der Waals surface area (Å²) in [5.74, 6) is 0.828. The molecule has 1 heterocycles. The predicted molar refractivity (Wildman–Crippen MR) is 76.0 cm³/mol. The molecule has 0 unspecified atom stereocenters. The monoisotopic (exact) mass is 260 g/mol. The second-order valence-electron chi connectivity index (χ2n) is 5.10. The van der Waals surface area contributed by atoms with E-state index < -0.39 is 0 Å². The highest BCUT2D eigenvalue weighted by molar-refractivity contribution is 5.97. The zero-order chi connectivity index (χ0) is 14.2. The van der Waals surface area contributed by atoms with Crippen molar-refractivity contribution in [1.82, 2.24) is 14.5 Å². The minimum atomic E-state index is -0.0182. The number of imidazole rings is 1. The summed E-state index contributed by atoms with van der Waals surface area (Å²) in [7, 11) is 3.48. The zero-order valence-electron chi connectivity index (χ0n) is 11.8. The SMILES string of the molecule is CC(C)n1c(CN)nc2cc(C(=O)N(C)C)ccc21. The summed E-state index contributed by atoms with van der Waals surface area (Å²) in [4.78, 5) is 18.0. The van der Waals surface area contributed by atoms with Gasteiger partial charge < -0.3 is 15.2 Å². The van der Waals surface area contributed by atoms with Crippen LogP contribution in [0.5, 0.6) is 0 Å². The number of nitrogens with zero attached hydrogens (tertiary/aromatic N) is 3. The maximum absolute atomic E-state index is 11.9. The average Bonchev–Trinajstić information content (AvgIpc) is 2.74. The van der Waals surface area contributed by atoms with Crippen LogP contribution in [-0.2, 0) is 6.54 Å². The van der Waals surface area contributed by atoms with Crippen molar-refractivity contribution in [2.75, 3.05) is 14.1 Å². The van der Waals surface area contributed by atoms with Crippen LogP contribution in [-0.4, -0.2) is 34.5 Å². The summed E-state index contributed by atoms with van der Waals surface area (Å²) in [6.07, 6.45) is 0. The fourth-order valence-corrected chi connectivity index (χ4v) is 2.26. The third-order valence-corrected chi connectivity index (χ3v) is 3.11. The second-order valence-corrected chi connectivity index (χ2v) is 5.10. The highest BCUT2D eigenvalue weighted by atomic mass is 16.2. The fourth-order valence-electron chi connectivity index (χ4n) is 2.26. The van der Waals surface area contributed by atoms with E-state index in [1.54, 1.807) is 19.0 Å². The van der Waals surface area contributed by atoms with Crippen molar-refractivity contribution in [3.8, 4) is 0 Å². The molecule has 0 bridgehead atoms. The first-order valence-corrected chi connectivity index (χ1v) is 6.38. The Labute approximate surface area is 113 Å². The molecule has 0 atom stereocenters. The molecule has 5 heteroatoms. The summed E-state index contributed by atoms with van der Waals surface area (Å²) in [5, 5.41) is 0. The third kappa shape index (κ3) is 2.33. The van der Waals surface area contributed by atoms with Gasteiger partial charge in [-0.2, -0.15) is 0 Å². The van der Waals surface area contributed by atoms with E-state index in [-0.39, 0.29) is 5.91 Å². The molecule has 0 aliphatic rings. The van der Waals surface area contributed by atoms with E-state index in [9.17, 15) is 4.79 Å². The molecule has 0 aliphatic heterocycles. The number of hydrogen-bond acceptors (Lipinski definition) is 3. The molecule has 2 rings (SSSR count). The number of carbonyl (C=O) groups excluding carboxylic acids is 1. The van der Waals surface area contributed by atoms with Gasteiger partial charge in [0.25, 0.3) is 5.91 Å². The molecule has 1 aromatic carbocycles. The van der Waals surface area contributed by atoms with Gasteiger partial charge in [0.15, 0.2) is 0 Å². The van der Waals surface area contributed by atoms with Crippen LogP contribution in [0.25, 0.3) is 11.0 Å². The normalized spacial score (nSPS) is 11.3. The molecular weight excluding hydrogens is 240 g/mol. The molecule has 0 aliphatic carbocycles. The van der Waals surface area contributed by atoms with Gasteiger partial charge in [0, 0.05) is 25.7 Å². The van der Waals surface area contributed by atoms with E-state index in [1.165, 1.54) is 0 Å². The van der Waals surface area contributed by atoms with Crippen LogP contribution in [0.4, 0.5) is 0 Å². The van der Waals surface area contributed by atoms with E-state index >= 15 is 0 Å². The molecule has 0 saturated heterocycles. The molecule has 5 nitrogen and oxygen atoms in total. The van der Waals surface area contributed by atoms with E-state index in [0.717, 1.165) is 16.9 Å². The first-order valence-electron chi connectivity index (χ1n) is 6.38. The zero-order valence-corrected chi connectivity index (χ0v) is 11.8. The number of hydrogen-bond donors (Lipinski definition) is 1. The molecule has 0 saturated carbocycles. The molecule has 1 amide bonds. The third-order valence-electron chi connectivity index (χ3n) is 3.11. The van der Waals surface area contributed by atoms with Crippen molar-refractivity contribution in [2.45, 2.75) is 26.4 Å². The van der Waals surface area contributed by atoms with Crippen molar-refractivity contribution >= 4 is 16.9 Å². The van der Waals surface area contributed by atoms with E-state index in [1.807, 2.05) is 18.2 Å². The van der Waals surface area contributed by atoms with Gasteiger partial charge in [-0.25, -0.2) is 4.98 Å². The number of rotatable bonds is 3. The first-order chi connectivity index (χ1) is 8.95. The number of benzene rings is 1. The topological polar surface area (TPSA) is 64.2 Å². The Balaban J connectivity index is 2.59. The standard InChI is InChI=1S/C14H20N4O/c1-9(2)18-12-6-5-10(14(19)17(3)4)7-11(12)16-13(18)8-15/h5-7,9H,8,15H2,1-4H3. The number of aromatic nitrogens is 2. The molecule has 19 heavy (non-hydrogen) atoms. The van der Waals surface area contributed by atoms with Crippen LogP contribution in [0, 0.1) is 0 Å². The van der Waals surface area contributed by atoms with Crippen LogP contribution >= 0.6 is 0 Å². The molecule has 2 N–H and O–H groups in total. The Hall–Kier alpha value is -1.88. The van der Waals surface area contributed by atoms with Gasteiger partial charge in [-0.1, -0.05) is 0 Å². The van der Waals surface area contributed by atoms with Gasteiger partial charge in [-0.05, 0) is 32.0 Å². The molecule has 102 valence electrons. The molecule has 0 spiro atoms. The summed E-state index contributed by atoms with van der Waals surface area (Å²) < 4.78 is 2.11. The Morgan fingerprint density at radius 2 is 2.11 bits per heavy atom. The van der Waals surface area contributed by atoms with Crippen LogP contribution in [0.15, 0.2) is 18.2 Å². The Kier molecular flexibility index (Phi) is 3.57. The highest BCUT2D eigenvalue weighted by Crippen LogP contribution is 2.22. The smallest absolute Gasteiger partial charge is 0.253 e. The highest BCUT2D eigenvalue weighted by Gasteiger charge is 2.15. The van der Waals surface area contributed by atoms with Crippen molar-refractivity contribution in [2.24, 2.45) is 5.73 Å². The lowest BCUT2D eigenvalue weighted by molar-refractivity contribution is 0.0828. The molecule has 1 aromatic heterocycles. The van der Waals surface area contributed by atoms with Crippen molar-refractivity contribution in [3.05, 3.63) is 29.6 Å². The van der Waals surface area contributed by atoms with Crippen molar-refractivity contribution < 1.29 is 4.79 Å².